The van der Waals surface area contributed by atoms with Crippen molar-refractivity contribution in [1.82, 2.24) is 20.1 Å². The van der Waals surface area contributed by atoms with Crippen LogP contribution in [0.1, 0.15) is 5.89 Å². The number of rotatable bonds is 6. The first-order chi connectivity index (χ1) is 11.7. The normalized spacial score (nSPS) is 10.6. The van der Waals surface area contributed by atoms with Gasteiger partial charge >= 0.3 is 0 Å². The van der Waals surface area contributed by atoms with Gasteiger partial charge in [-0.05, 0) is 12.1 Å². The molecule has 2 heterocycles. The summed E-state index contributed by atoms with van der Waals surface area (Å²) in [7, 11) is 3.11. The summed E-state index contributed by atoms with van der Waals surface area (Å²) in [5.74, 6) is 2.31. The molecule has 9 heteroatoms. The molecular weight excluding hydrogens is 332 g/mol. The summed E-state index contributed by atoms with van der Waals surface area (Å²) in [5, 5.41) is 4.46. The van der Waals surface area contributed by atoms with E-state index in [1.165, 1.54) is 24.0 Å². The quantitative estimate of drug-likeness (QED) is 0.535. The number of ether oxygens (including phenoxy) is 2. The highest BCUT2D eigenvalue weighted by atomic mass is 32.2. The predicted molar refractivity (Wildman–Crippen MR) is 87.3 cm³/mol. The topological polar surface area (TPSA) is 103 Å². The van der Waals surface area contributed by atoms with Gasteiger partial charge < -0.3 is 19.0 Å². The maximum Gasteiger partial charge on any atom is 0.251 e. The zero-order chi connectivity index (χ0) is 16.9. The monoisotopic (exact) mass is 346 g/mol. The fraction of sp³-hybridized carbons (Fsp3) is 0.200. The number of nitrogens with zero attached hydrogens (tertiary/aromatic N) is 3. The van der Waals surface area contributed by atoms with Gasteiger partial charge in [0.2, 0.25) is 11.7 Å². The van der Waals surface area contributed by atoms with Crippen LogP contribution in [0.15, 0.2) is 44.9 Å². The number of para-hydroxylation sites is 1. The van der Waals surface area contributed by atoms with E-state index < -0.39 is 0 Å². The van der Waals surface area contributed by atoms with Crippen molar-refractivity contribution in [1.29, 1.82) is 0 Å². The predicted octanol–water partition coefficient (Wildman–Crippen LogP) is 2.13. The summed E-state index contributed by atoms with van der Waals surface area (Å²) in [6, 6.07) is 6.78. The lowest BCUT2D eigenvalue weighted by molar-refractivity contribution is 0.355. The Kier molecular flexibility index (Phi) is 4.80. The Morgan fingerprint density at radius 2 is 2.12 bits per heavy atom. The van der Waals surface area contributed by atoms with E-state index in [4.69, 9.17) is 14.0 Å². The van der Waals surface area contributed by atoms with E-state index in [-0.39, 0.29) is 5.56 Å². The zero-order valence-corrected chi connectivity index (χ0v) is 13.8. The average Bonchev–Trinajstić information content (AvgIpc) is 3.08. The van der Waals surface area contributed by atoms with Crippen molar-refractivity contribution in [3.8, 4) is 22.9 Å². The minimum absolute atomic E-state index is 0.208. The fourth-order valence-electron chi connectivity index (χ4n) is 2.04. The molecule has 0 spiro atoms. The van der Waals surface area contributed by atoms with E-state index in [0.29, 0.717) is 39.7 Å². The summed E-state index contributed by atoms with van der Waals surface area (Å²) in [6.45, 7) is 0. The molecule has 124 valence electrons. The Bertz CT molecular complexity index is 893. The SMILES string of the molecule is COc1cccc(-c2noc(CSc3nccc(=O)[nH]3)n2)c1OC. The molecule has 0 aliphatic rings. The molecule has 0 bridgehead atoms. The van der Waals surface area contributed by atoms with Crippen molar-refractivity contribution >= 4 is 11.8 Å². The van der Waals surface area contributed by atoms with Gasteiger partial charge in [0.25, 0.3) is 5.56 Å². The number of hydrogen-bond donors (Lipinski definition) is 1. The molecule has 3 rings (SSSR count). The van der Waals surface area contributed by atoms with Crippen LogP contribution in [0.3, 0.4) is 0 Å². The number of benzene rings is 1. The summed E-state index contributed by atoms with van der Waals surface area (Å²) in [4.78, 5) is 22.3. The molecule has 2 aromatic heterocycles. The van der Waals surface area contributed by atoms with E-state index in [2.05, 4.69) is 20.1 Å². The van der Waals surface area contributed by atoms with Crippen LogP contribution in [-0.4, -0.2) is 34.3 Å². The Morgan fingerprint density at radius 1 is 1.25 bits per heavy atom. The van der Waals surface area contributed by atoms with Gasteiger partial charge in [-0.15, -0.1) is 0 Å². The number of thioether (sulfide) groups is 1. The number of aromatic amines is 1. The second-order valence-corrected chi connectivity index (χ2v) is 5.54. The third-order valence-electron chi connectivity index (χ3n) is 3.09. The molecule has 0 saturated heterocycles. The maximum atomic E-state index is 11.2. The van der Waals surface area contributed by atoms with Crippen LogP contribution in [0, 0.1) is 0 Å². The van der Waals surface area contributed by atoms with Crippen molar-refractivity contribution in [3.63, 3.8) is 0 Å². The number of nitrogens with one attached hydrogen (secondary N) is 1. The van der Waals surface area contributed by atoms with Gasteiger partial charge in [-0.2, -0.15) is 4.98 Å². The third-order valence-corrected chi connectivity index (χ3v) is 3.96. The van der Waals surface area contributed by atoms with Gasteiger partial charge in [-0.25, -0.2) is 4.98 Å². The molecule has 0 aliphatic heterocycles. The van der Waals surface area contributed by atoms with Gasteiger partial charge in [0, 0.05) is 12.3 Å². The van der Waals surface area contributed by atoms with Crippen molar-refractivity contribution in [2.24, 2.45) is 0 Å². The molecule has 1 aromatic carbocycles. The number of aromatic nitrogens is 4. The zero-order valence-electron chi connectivity index (χ0n) is 13.0. The van der Waals surface area contributed by atoms with Gasteiger partial charge in [0.1, 0.15) is 0 Å². The second-order valence-electron chi connectivity index (χ2n) is 4.58. The van der Waals surface area contributed by atoms with Crippen molar-refractivity contribution in [2.75, 3.05) is 14.2 Å². The third kappa shape index (κ3) is 3.40. The van der Waals surface area contributed by atoms with Gasteiger partial charge in [0.05, 0.1) is 25.5 Å². The minimum Gasteiger partial charge on any atom is -0.493 e. The standard InChI is InChI=1S/C15H14N4O4S/c1-21-10-5-3-4-9(13(10)22-2)14-18-12(23-19-14)8-24-15-16-7-6-11(20)17-15/h3-7H,8H2,1-2H3,(H,16,17,20). The van der Waals surface area contributed by atoms with Gasteiger partial charge in [-0.1, -0.05) is 23.0 Å². The Labute approximate surface area is 141 Å². The summed E-state index contributed by atoms with van der Waals surface area (Å²) < 4.78 is 15.9. The maximum absolute atomic E-state index is 11.2. The molecule has 0 amide bonds. The van der Waals surface area contributed by atoms with Crippen LogP contribution >= 0.6 is 11.8 Å². The average molecular weight is 346 g/mol. The highest BCUT2D eigenvalue weighted by Crippen LogP contribution is 2.36. The van der Waals surface area contributed by atoms with Gasteiger partial charge in [0.15, 0.2) is 16.7 Å². The lowest BCUT2D eigenvalue weighted by Gasteiger charge is -2.09. The van der Waals surface area contributed by atoms with E-state index >= 15 is 0 Å². The van der Waals surface area contributed by atoms with Crippen molar-refractivity contribution < 1.29 is 14.0 Å². The van der Waals surface area contributed by atoms with Crippen LogP contribution < -0.4 is 15.0 Å². The smallest absolute Gasteiger partial charge is 0.251 e. The van der Waals surface area contributed by atoms with Crippen molar-refractivity contribution in [3.05, 3.63) is 46.7 Å². The summed E-state index contributed by atoms with van der Waals surface area (Å²) in [5.41, 5.74) is 0.461. The van der Waals surface area contributed by atoms with E-state index in [1.54, 1.807) is 20.3 Å². The molecular formula is C15H14N4O4S. The molecule has 0 saturated carbocycles. The molecule has 0 fully saturated rings. The summed E-state index contributed by atoms with van der Waals surface area (Å²) >= 11 is 1.29. The highest BCUT2D eigenvalue weighted by molar-refractivity contribution is 7.98. The molecule has 0 unspecified atom stereocenters. The molecule has 1 N–H and O–H groups in total. The second kappa shape index (κ2) is 7.18. The highest BCUT2D eigenvalue weighted by Gasteiger charge is 2.17. The first-order valence-corrected chi connectivity index (χ1v) is 7.92. The van der Waals surface area contributed by atoms with Crippen LogP contribution in [-0.2, 0) is 5.75 Å². The molecule has 24 heavy (non-hydrogen) atoms. The number of hydrogen-bond acceptors (Lipinski definition) is 8. The molecule has 0 atom stereocenters. The molecule has 0 aliphatic carbocycles. The first-order valence-electron chi connectivity index (χ1n) is 6.93. The number of methoxy groups -OCH3 is 2. The molecule has 0 radical (unpaired) electrons. The van der Waals surface area contributed by atoms with E-state index in [0.717, 1.165) is 0 Å². The lowest BCUT2D eigenvalue weighted by atomic mass is 10.2. The largest absolute Gasteiger partial charge is 0.493 e. The van der Waals surface area contributed by atoms with Crippen LogP contribution in [0.25, 0.3) is 11.4 Å². The first kappa shape index (κ1) is 16.1. The Balaban J connectivity index is 1.80. The van der Waals surface area contributed by atoms with Crippen LogP contribution in [0.5, 0.6) is 11.5 Å². The molecule has 3 aromatic rings. The Morgan fingerprint density at radius 3 is 2.88 bits per heavy atom. The lowest BCUT2D eigenvalue weighted by Crippen LogP contribution is -2.05. The van der Waals surface area contributed by atoms with Gasteiger partial charge in [-0.3, -0.25) is 4.79 Å². The fourth-order valence-corrected chi connectivity index (χ4v) is 2.73. The van der Waals surface area contributed by atoms with Crippen LogP contribution in [0.2, 0.25) is 0 Å². The van der Waals surface area contributed by atoms with E-state index in [9.17, 15) is 4.79 Å². The number of H-pyrrole nitrogens is 1. The van der Waals surface area contributed by atoms with Crippen LogP contribution in [0.4, 0.5) is 0 Å². The Hall–Kier alpha value is -2.81. The van der Waals surface area contributed by atoms with E-state index in [1.807, 2.05) is 12.1 Å². The van der Waals surface area contributed by atoms with Crippen molar-refractivity contribution in [2.45, 2.75) is 10.9 Å². The molecule has 8 nitrogen and oxygen atoms in total. The summed E-state index contributed by atoms with van der Waals surface area (Å²) in [6.07, 6.45) is 1.45. The minimum atomic E-state index is -0.208.